The van der Waals surface area contributed by atoms with Gasteiger partial charge in [-0.2, -0.15) is 0 Å². The number of hydrogen-bond donors (Lipinski definition) is 1. The molecule has 1 atom stereocenters. The molecule has 0 fully saturated rings. The second-order valence-electron chi connectivity index (χ2n) is 5.32. The highest BCUT2D eigenvalue weighted by atomic mass is 15.0. The number of rotatable bonds is 6. The van der Waals surface area contributed by atoms with Crippen LogP contribution in [0.5, 0.6) is 0 Å². The van der Waals surface area contributed by atoms with Gasteiger partial charge in [-0.25, -0.2) is 0 Å². The largest absolute Gasteiger partial charge is 0.311 e. The summed E-state index contributed by atoms with van der Waals surface area (Å²) in [4.78, 5) is 0. The Morgan fingerprint density at radius 3 is 2.35 bits per heavy atom. The lowest BCUT2D eigenvalue weighted by atomic mass is 9.77. The summed E-state index contributed by atoms with van der Waals surface area (Å²) in [5, 5.41) is 3.83. The standard InChI is InChI=1S/C16H25N/c1-4-16(5-2,6-3)17-12-14-11-13-9-7-8-10-15(13)14/h7-10,14,17H,4-6,11-12H2,1-3H3. The molecule has 1 unspecified atom stereocenters. The van der Waals surface area contributed by atoms with Crippen molar-refractivity contribution in [3.05, 3.63) is 35.4 Å². The van der Waals surface area contributed by atoms with E-state index in [9.17, 15) is 0 Å². The summed E-state index contributed by atoms with van der Waals surface area (Å²) in [5.74, 6) is 0.746. The van der Waals surface area contributed by atoms with E-state index in [2.05, 4.69) is 50.4 Å². The lowest BCUT2D eigenvalue weighted by molar-refractivity contribution is 0.279. The molecule has 0 bridgehead atoms. The number of fused-ring (bicyclic) bond motifs is 1. The summed E-state index contributed by atoms with van der Waals surface area (Å²) in [5.41, 5.74) is 3.48. The Bertz CT molecular complexity index is 357. The van der Waals surface area contributed by atoms with Crippen LogP contribution in [0.15, 0.2) is 24.3 Å². The van der Waals surface area contributed by atoms with Crippen molar-refractivity contribution in [2.75, 3.05) is 6.54 Å². The van der Waals surface area contributed by atoms with E-state index in [1.165, 1.54) is 25.7 Å². The summed E-state index contributed by atoms with van der Waals surface area (Å²) in [6.07, 6.45) is 4.95. The molecule has 2 rings (SSSR count). The van der Waals surface area contributed by atoms with Crippen molar-refractivity contribution in [2.45, 2.75) is 57.9 Å². The van der Waals surface area contributed by atoms with Gasteiger partial charge in [0, 0.05) is 18.0 Å². The molecule has 0 saturated carbocycles. The van der Waals surface area contributed by atoms with Gasteiger partial charge in [0.05, 0.1) is 0 Å². The minimum atomic E-state index is 0.366. The lowest BCUT2D eigenvalue weighted by Crippen LogP contribution is -2.46. The van der Waals surface area contributed by atoms with Gasteiger partial charge in [-0.1, -0.05) is 45.0 Å². The van der Waals surface area contributed by atoms with Crippen LogP contribution >= 0.6 is 0 Å². The van der Waals surface area contributed by atoms with E-state index < -0.39 is 0 Å². The maximum atomic E-state index is 3.83. The molecule has 1 nitrogen and oxygen atoms in total. The van der Waals surface area contributed by atoms with Crippen molar-refractivity contribution >= 4 is 0 Å². The quantitative estimate of drug-likeness (QED) is 0.783. The Hall–Kier alpha value is -0.820. The van der Waals surface area contributed by atoms with E-state index in [1.807, 2.05) is 0 Å². The fraction of sp³-hybridized carbons (Fsp3) is 0.625. The van der Waals surface area contributed by atoms with Crippen molar-refractivity contribution in [3.8, 4) is 0 Å². The Balaban J connectivity index is 1.92. The Morgan fingerprint density at radius 2 is 1.76 bits per heavy atom. The van der Waals surface area contributed by atoms with Crippen LogP contribution < -0.4 is 5.32 Å². The van der Waals surface area contributed by atoms with Gasteiger partial charge < -0.3 is 5.32 Å². The van der Waals surface area contributed by atoms with Crippen molar-refractivity contribution in [3.63, 3.8) is 0 Å². The Labute approximate surface area is 106 Å². The highest BCUT2D eigenvalue weighted by Crippen LogP contribution is 2.35. The van der Waals surface area contributed by atoms with E-state index in [-0.39, 0.29) is 0 Å². The van der Waals surface area contributed by atoms with E-state index in [0.29, 0.717) is 5.54 Å². The molecule has 94 valence electrons. The molecule has 1 heteroatoms. The fourth-order valence-electron chi connectivity index (χ4n) is 3.01. The normalized spacial score (nSPS) is 18.6. The fourth-order valence-corrected chi connectivity index (χ4v) is 3.01. The summed E-state index contributed by atoms with van der Waals surface area (Å²) < 4.78 is 0. The van der Waals surface area contributed by atoms with Gasteiger partial charge in [0.2, 0.25) is 0 Å². The zero-order valence-electron chi connectivity index (χ0n) is 11.4. The summed E-state index contributed by atoms with van der Waals surface area (Å²) in [7, 11) is 0. The molecule has 1 aromatic rings. The summed E-state index contributed by atoms with van der Waals surface area (Å²) >= 11 is 0. The minimum absolute atomic E-state index is 0.366. The van der Waals surface area contributed by atoms with E-state index >= 15 is 0 Å². The predicted octanol–water partition coefficient (Wildman–Crippen LogP) is 3.88. The Morgan fingerprint density at radius 1 is 1.12 bits per heavy atom. The maximum Gasteiger partial charge on any atom is 0.0173 e. The number of benzene rings is 1. The molecule has 0 spiro atoms. The number of nitrogens with one attached hydrogen (secondary N) is 1. The van der Waals surface area contributed by atoms with Gasteiger partial charge >= 0.3 is 0 Å². The molecule has 0 amide bonds. The van der Waals surface area contributed by atoms with Gasteiger partial charge in [0.1, 0.15) is 0 Å². The van der Waals surface area contributed by atoms with Crippen LogP contribution in [0.25, 0.3) is 0 Å². The Kier molecular flexibility index (Phi) is 3.88. The second kappa shape index (κ2) is 5.22. The predicted molar refractivity (Wildman–Crippen MR) is 74.5 cm³/mol. The van der Waals surface area contributed by atoms with E-state index in [0.717, 1.165) is 12.5 Å². The molecule has 1 aromatic carbocycles. The van der Waals surface area contributed by atoms with Crippen molar-refractivity contribution < 1.29 is 0 Å². The first kappa shape index (κ1) is 12.6. The maximum absolute atomic E-state index is 3.83. The summed E-state index contributed by atoms with van der Waals surface area (Å²) in [6.45, 7) is 8.05. The first-order valence-electron chi connectivity index (χ1n) is 7.07. The lowest BCUT2D eigenvalue weighted by Gasteiger charge is -2.37. The van der Waals surface area contributed by atoms with Crippen LogP contribution in [0.3, 0.4) is 0 Å². The number of hydrogen-bond acceptors (Lipinski definition) is 1. The summed E-state index contributed by atoms with van der Waals surface area (Å²) in [6, 6.07) is 8.86. The SMILES string of the molecule is CCC(CC)(CC)NCC1Cc2ccccc21. The third-order valence-corrected chi connectivity index (χ3v) is 4.72. The van der Waals surface area contributed by atoms with Gasteiger partial charge in [-0.15, -0.1) is 0 Å². The van der Waals surface area contributed by atoms with Crippen LogP contribution in [-0.2, 0) is 6.42 Å². The second-order valence-corrected chi connectivity index (χ2v) is 5.32. The molecular weight excluding hydrogens is 206 g/mol. The highest BCUT2D eigenvalue weighted by Gasteiger charge is 2.29. The van der Waals surface area contributed by atoms with Crippen LogP contribution in [0, 0.1) is 0 Å². The average Bonchev–Trinajstić information content (AvgIpc) is 2.36. The monoisotopic (exact) mass is 231 g/mol. The van der Waals surface area contributed by atoms with Gasteiger partial charge in [0.25, 0.3) is 0 Å². The van der Waals surface area contributed by atoms with E-state index in [4.69, 9.17) is 0 Å². The molecule has 0 saturated heterocycles. The van der Waals surface area contributed by atoms with E-state index in [1.54, 1.807) is 11.1 Å². The molecule has 0 aromatic heterocycles. The highest BCUT2D eigenvalue weighted by molar-refractivity contribution is 5.40. The molecule has 0 heterocycles. The zero-order chi connectivity index (χ0) is 12.3. The molecule has 0 aliphatic heterocycles. The molecule has 1 aliphatic rings. The third kappa shape index (κ3) is 2.40. The van der Waals surface area contributed by atoms with Crippen LogP contribution in [-0.4, -0.2) is 12.1 Å². The molecule has 17 heavy (non-hydrogen) atoms. The molecule has 0 radical (unpaired) electrons. The van der Waals surface area contributed by atoms with Gasteiger partial charge in [0.15, 0.2) is 0 Å². The molecule has 1 aliphatic carbocycles. The van der Waals surface area contributed by atoms with Crippen LogP contribution in [0.4, 0.5) is 0 Å². The topological polar surface area (TPSA) is 12.0 Å². The molecule has 1 N–H and O–H groups in total. The van der Waals surface area contributed by atoms with Crippen LogP contribution in [0.2, 0.25) is 0 Å². The van der Waals surface area contributed by atoms with Gasteiger partial charge in [-0.05, 0) is 36.8 Å². The third-order valence-electron chi connectivity index (χ3n) is 4.72. The zero-order valence-corrected chi connectivity index (χ0v) is 11.4. The van der Waals surface area contributed by atoms with Crippen LogP contribution in [0.1, 0.15) is 57.1 Å². The first-order valence-corrected chi connectivity index (χ1v) is 7.07. The van der Waals surface area contributed by atoms with Crippen molar-refractivity contribution in [1.82, 2.24) is 5.32 Å². The molecular formula is C16H25N. The average molecular weight is 231 g/mol. The van der Waals surface area contributed by atoms with Crippen molar-refractivity contribution in [1.29, 1.82) is 0 Å². The first-order chi connectivity index (χ1) is 8.24. The minimum Gasteiger partial charge on any atom is -0.311 e. The smallest absolute Gasteiger partial charge is 0.0173 e. The van der Waals surface area contributed by atoms with Crippen molar-refractivity contribution in [2.24, 2.45) is 0 Å². The van der Waals surface area contributed by atoms with Gasteiger partial charge in [-0.3, -0.25) is 0 Å².